The van der Waals surface area contributed by atoms with Crippen molar-refractivity contribution in [2.75, 3.05) is 27.3 Å². The fourth-order valence-electron chi connectivity index (χ4n) is 2.43. The number of hydrogen-bond donors (Lipinski definition) is 1. The summed E-state index contributed by atoms with van der Waals surface area (Å²) in [6.07, 6.45) is 2.04. The van der Waals surface area contributed by atoms with Crippen LogP contribution in [0.5, 0.6) is 11.5 Å². The van der Waals surface area contributed by atoms with Gasteiger partial charge in [-0.05, 0) is 52.2 Å². The summed E-state index contributed by atoms with van der Waals surface area (Å²) in [5, 5.41) is 2.83. The summed E-state index contributed by atoms with van der Waals surface area (Å²) >= 11 is 4.68. The molecule has 0 aliphatic carbocycles. The summed E-state index contributed by atoms with van der Waals surface area (Å²) in [6, 6.07) is 9.14. The third-order valence-electron chi connectivity index (χ3n) is 3.98. The molecule has 1 heterocycles. The predicted molar refractivity (Wildman–Crippen MR) is 114 cm³/mol. The van der Waals surface area contributed by atoms with Crippen molar-refractivity contribution in [1.82, 2.24) is 10.2 Å². The minimum Gasteiger partial charge on any atom is -0.493 e. The van der Waals surface area contributed by atoms with Gasteiger partial charge in [0, 0.05) is 13.6 Å². The zero-order chi connectivity index (χ0) is 20.5. The Morgan fingerprint density at radius 2 is 2.00 bits per heavy atom. The van der Waals surface area contributed by atoms with Crippen LogP contribution in [-0.4, -0.2) is 44.0 Å². The molecule has 0 aliphatic rings. The van der Waals surface area contributed by atoms with Crippen molar-refractivity contribution >= 4 is 39.1 Å². The number of carbonyl (C=O) groups excluding carboxylic acids is 2. The number of benzene rings is 1. The summed E-state index contributed by atoms with van der Waals surface area (Å²) in [6.45, 7) is 3.08. The molecule has 0 saturated heterocycles. The highest BCUT2D eigenvalue weighted by Crippen LogP contribution is 2.28. The average molecular weight is 469 g/mol. The maximum absolute atomic E-state index is 12.3. The van der Waals surface area contributed by atoms with Gasteiger partial charge in [0.1, 0.15) is 0 Å². The largest absolute Gasteiger partial charge is 0.493 e. The third-order valence-corrected chi connectivity index (χ3v) is 5.60. The van der Waals surface area contributed by atoms with E-state index < -0.39 is 0 Å². The molecule has 2 aromatic rings. The number of carbonyl (C=O) groups is 2. The first-order valence-electron chi connectivity index (χ1n) is 9.01. The number of nitrogens with one attached hydrogen (secondary N) is 1. The lowest BCUT2D eigenvalue weighted by Gasteiger charge is -2.16. The minimum atomic E-state index is -0.228. The van der Waals surface area contributed by atoms with Gasteiger partial charge in [-0.3, -0.25) is 9.59 Å². The molecule has 1 N–H and O–H groups in total. The van der Waals surface area contributed by atoms with E-state index in [0.717, 1.165) is 22.2 Å². The van der Waals surface area contributed by atoms with Gasteiger partial charge < -0.3 is 19.7 Å². The quantitative estimate of drug-likeness (QED) is 0.533. The lowest BCUT2D eigenvalue weighted by Crippen LogP contribution is -2.37. The van der Waals surface area contributed by atoms with Gasteiger partial charge in [-0.2, -0.15) is 0 Å². The molecule has 0 bridgehead atoms. The molecule has 6 nitrogen and oxygen atoms in total. The Bertz CT molecular complexity index is 809. The molecule has 0 radical (unpaired) electrons. The predicted octanol–water partition coefficient (Wildman–Crippen LogP) is 4.09. The van der Waals surface area contributed by atoms with Crippen LogP contribution in [0.15, 0.2) is 34.1 Å². The molecule has 28 heavy (non-hydrogen) atoms. The van der Waals surface area contributed by atoms with Crippen LogP contribution in [-0.2, 0) is 11.3 Å². The molecule has 152 valence electrons. The van der Waals surface area contributed by atoms with E-state index in [1.54, 1.807) is 20.2 Å². The molecular formula is C20H25BrN2O4S. The maximum atomic E-state index is 12.3. The number of likely N-dealkylation sites (N-methyl/N-ethyl adjacent to an activating group) is 1. The molecule has 1 aromatic carbocycles. The van der Waals surface area contributed by atoms with Crippen LogP contribution in [0, 0.1) is 0 Å². The summed E-state index contributed by atoms with van der Waals surface area (Å²) in [4.78, 5) is 26.5. The molecule has 8 heteroatoms. The zero-order valence-corrected chi connectivity index (χ0v) is 18.7. The van der Waals surface area contributed by atoms with Crippen LogP contribution >= 0.6 is 27.3 Å². The van der Waals surface area contributed by atoms with Crippen LogP contribution in [0.3, 0.4) is 0 Å². The van der Waals surface area contributed by atoms with Gasteiger partial charge in [-0.15, -0.1) is 11.3 Å². The smallest absolute Gasteiger partial charge is 0.264 e. The number of unbranched alkanes of at least 4 members (excludes halogenated alkanes) is 1. The number of nitrogens with zero attached hydrogens (tertiary/aromatic N) is 1. The Kier molecular flexibility index (Phi) is 8.79. The maximum Gasteiger partial charge on any atom is 0.264 e. The lowest BCUT2D eigenvalue weighted by molar-refractivity contribution is -0.121. The Hall–Kier alpha value is -2.06. The van der Waals surface area contributed by atoms with Crippen LogP contribution in [0.2, 0.25) is 0 Å². The van der Waals surface area contributed by atoms with Gasteiger partial charge in [0.05, 0.1) is 28.9 Å². The number of methoxy groups -OCH3 is 1. The van der Waals surface area contributed by atoms with E-state index in [0.29, 0.717) is 29.5 Å². The number of halogens is 1. The molecule has 0 fully saturated rings. The second kappa shape index (κ2) is 11.1. The van der Waals surface area contributed by atoms with E-state index in [9.17, 15) is 9.59 Å². The molecule has 0 unspecified atom stereocenters. The van der Waals surface area contributed by atoms with E-state index in [4.69, 9.17) is 9.47 Å². The van der Waals surface area contributed by atoms with Crippen LogP contribution in [0.4, 0.5) is 0 Å². The van der Waals surface area contributed by atoms with Crippen molar-refractivity contribution in [2.45, 2.75) is 26.3 Å². The summed E-state index contributed by atoms with van der Waals surface area (Å²) in [5.41, 5.74) is 0.893. The summed E-state index contributed by atoms with van der Waals surface area (Å²) in [7, 11) is 3.20. The van der Waals surface area contributed by atoms with Gasteiger partial charge in [0.2, 0.25) is 5.91 Å². The van der Waals surface area contributed by atoms with E-state index in [1.807, 2.05) is 24.3 Å². The SMILES string of the molecule is CCCCOc1ccc(CNC(=O)CN(C)C(=O)c2ccc(Br)s2)cc1OC. The number of amides is 2. The summed E-state index contributed by atoms with van der Waals surface area (Å²) < 4.78 is 12.0. The van der Waals surface area contributed by atoms with Crippen molar-refractivity contribution < 1.29 is 19.1 Å². The van der Waals surface area contributed by atoms with Crippen LogP contribution in [0.25, 0.3) is 0 Å². The molecule has 0 atom stereocenters. The number of ether oxygens (including phenoxy) is 2. The molecule has 2 rings (SSSR count). The van der Waals surface area contributed by atoms with Crippen LogP contribution < -0.4 is 14.8 Å². The standard InChI is InChI=1S/C20H25BrN2O4S/c1-4-5-10-27-15-7-6-14(11-16(15)26-3)12-22-19(24)13-23(2)20(25)17-8-9-18(21)28-17/h6-9,11H,4-5,10,12-13H2,1-3H3,(H,22,24). The fraction of sp³-hybridized carbons (Fsp3) is 0.400. The molecule has 1 aromatic heterocycles. The van der Waals surface area contributed by atoms with Crippen molar-refractivity contribution in [3.8, 4) is 11.5 Å². The van der Waals surface area contributed by atoms with Crippen molar-refractivity contribution in [3.05, 3.63) is 44.6 Å². The minimum absolute atomic E-state index is 0.0102. The Labute approximate surface area is 178 Å². The van der Waals surface area contributed by atoms with Crippen molar-refractivity contribution in [1.29, 1.82) is 0 Å². The Morgan fingerprint density at radius 3 is 2.64 bits per heavy atom. The third kappa shape index (κ3) is 6.53. The van der Waals surface area contributed by atoms with Crippen molar-refractivity contribution in [2.24, 2.45) is 0 Å². The number of thiophene rings is 1. The Balaban J connectivity index is 1.87. The van der Waals surface area contributed by atoms with Gasteiger partial charge >= 0.3 is 0 Å². The van der Waals surface area contributed by atoms with Gasteiger partial charge in [0.15, 0.2) is 11.5 Å². The highest BCUT2D eigenvalue weighted by molar-refractivity contribution is 9.11. The topological polar surface area (TPSA) is 67.9 Å². The second-order valence-electron chi connectivity index (χ2n) is 6.23. The van der Waals surface area contributed by atoms with Crippen molar-refractivity contribution in [3.63, 3.8) is 0 Å². The molecular weight excluding hydrogens is 444 g/mol. The zero-order valence-electron chi connectivity index (χ0n) is 16.3. The molecule has 0 saturated carbocycles. The average Bonchev–Trinajstić information content (AvgIpc) is 3.12. The van der Waals surface area contributed by atoms with E-state index >= 15 is 0 Å². The van der Waals surface area contributed by atoms with Gasteiger partial charge in [-0.25, -0.2) is 0 Å². The van der Waals surface area contributed by atoms with E-state index in [2.05, 4.69) is 28.2 Å². The van der Waals surface area contributed by atoms with E-state index in [1.165, 1.54) is 16.2 Å². The monoisotopic (exact) mass is 468 g/mol. The summed E-state index contributed by atoms with van der Waals surface area (Å²) in [5.74, 6) is 0.923. The van der Waals surface area contributed by atoms with Crippen LogP contribution in [0.1, 0.15) is 35.0 Å². The second-order valence-corrected chi connectivity index (χ2v) is 8.69. The highest BCUT2D eigenvalue weighted by Gasteiger charge is 2.16. The first-order chi connectivity index (χ1) is 13.4. The molecule has 0 spiro atoms. The number of hydrogen-bond acceptors (Lipinski definition) is 5. The highest BCUT2D eigenvalue weighted by atomic mass is 79.9. The number of rotatable bonds is 10. The van der Waals surface area contributed by atoms with E-state index in [-0.39, 0.29) is 18.4 Å². The first kappa shape index (κ1) is 22.2. The fourth-order valence-corrected chi connectivity index (χ4v) is 3.81. The molecule has 2 amide bonds. The normalized spacial score (nSPS) is 10.4. The Morgan fingerprint density at radius 1 is 1.21 bits per heavy atom. The first-order valence-corrected chi connectivity index (χ1v) is 10.6. The van der Waals surface area contributed by atoms with Gasteiger partial charge in [0.25, 0.3) is 5.91 Å². The lowest BCUT2D eigenvalue weighted by atomic mass is 10.2. The van der Waals surface area contributed by atoms with Gasteiger partial charge in [-0.1, -0.05) is 19.4 Å². The molecule has 0 aliphatic heterocycles.